The van der Waals surface area contributed by atoms with E-state index >= 15 is 0 Å². The van der Waals surface area contributed by atoms with Crippen molar-refractivity contribution in [3.05, 3.63) is 47.0 Å². The lowest BCUT2D eigenvalue weighted by Crippen LogP contribution is -2.18. The van der Waals surface area contributed by atoms with E-state index in [-0.39, 0.29) is 43.7 Å². The Kier molecular flexibility index (Phi) is 13.4. The lowest BCUT2D eigenvalue weighted by Gasteiger charge is -2.20. The Balaban J connectivity index is 2.62. The Hall–Kier alpha value is -3.35. The van der Waals surface area contributed by atoms with Crippen LogP contribution in [-0.4, -0.2) is 79.4 Å². The number of carbonyl (C=O) groups is 3. The van der Waals surface area contributed by atoms with E-state index in [2.05, 4.69) is 0 Å². The van der Waals surface area contributed by atoms with Gasteiger partial charge in [0.05, 0.1) is 51.6 Å². The van der Waals surface area contributed by atoms with Crippen LogP contribution in [-0.2, 0) is 39.7 Å². The Labute approximate surface area is 222 Å². The minimum Gasteiger partial charge on any atom is -0.469 e. The second kappa shape index (κ2) is 16.5. The quantitative estimate of drug-likeness (QED) is 0.131. The Bertz CT molecular complexity index is 1070. The van der Waals surface area contributed by atoms with Crippen LogP contribution in [0, 0.1) is 0 Å². The van der Waals surface area contributed by atoms with Crippen LogP contribution in [0.25, 0.3) is 11.1 Å². The second-order valence-electron chi connectivity index (χ2n) is 8.10. The molecule has 38 heavy (non-hydrogen) atoms. The summed E-state index contributed by atoms with van der Waals surface area (Å²) >= 11 is 0. The number of benzene rings is 2. The molecular formula is C27H35NO10. The topological polar surface area (TPSA) is 142 Å². The van der Waals surface area contributed by atoms with Gasteiger partial charge in [-0.2, -0.15) is 0 Å². The average molecular weight is 534 g/mol. The van der Waals surface area contributed by atoms with Crippen molar-refractivity contribution in [2.24, 2.45) is 5.73 Å². The maximum atomic E-state index is 12.1. The number of Topliss-reactive ketones (excluding diaryl/α,β-unsaturated/α-hetero) is 1. The van der Waals surface area contributed by atoms with Gasteiger partial charge < -0.3 is 38.9 Å². The standard InChI is InChI=1S/C27H35NO10/c1-18(30)26(28)20-5-6-24(37-16-35-9-7-32-2)22(14-20)23-12-19(13-25(31)34-4)11-21(15-29)27(23)38-17-36-10-8-33-3/h5-6,11-12,14-15,26H,7-10,13,16-17,28H2,1-4H3. The molecule has 1 unspecified atom stereocenters. The highest BCUT2D eigenvalue weighted by Gasteiger charge is 2.21. The first-order valence-electron chi connectivity index (χ1n) is 11.8. The number of carbonyl (C=O) groups excluding carboxylic acids is 3. The maximum Gasteiger partial charge on any atom is 0.309 e. The first kappa shape index (κ1) is 30.9. The number of ether oxygens (including phenoxy) is 7. The van der Waals surface area contributed by atoms with E-state index in [0.717, 1.165) is 0 Å². The zero-order chi connectivity index (χ0) is 27.9. The van der Waals surface area contributed by atoms with E-state index in [9.17, 15) is 14.4 Å². The molecule has 0 aliphatic carbocycles. The molecule has 0 bridgehead atoms. The van der Waals surface area contributed by atoms with Gasteiger partial charge in [-0.15, -0.1) is 0 Å². The Morgan fingerprint density at radius 2 is 1.55 bits per heavy atom. The minimum atomic E-state index is -0.883. The molecule has 2 rings (SSSR count). The fourth-order valence-corrected chi connectivity index (χ4v) is 3.42. The summed E-state index contributed by atoms with van der Waals surface area (Å²) in [6, 6.07) is 7.35. The van der Waals surface area contributed by atoms with Gasteiger partial charge in [-0.1, -0.05) is 6.07 Å². The fourth-order valence-electron chi connectivity index (χ4n) is 3.42. The fraction of sp³-hybridized carbons (Fsp3) is 0.444. The molecule has 0 saturated carbocycles. The number of aldehydes is 1. The molecule has 2 N–H and O–H groups in total. The summed E-state index contributed by atoms with van der Waals surface area (Å²) in [5.74, 6) is -0.146. The van der Waals surface area contributed by atoms with Crippen LogP contribution in [0.3, 0.4) is 0 Å². The van der Waals surface area contributed by atoms with Crippen molar-refractivity contribution in [2.45, 2.75) is 19.4 Å². The van der Waals surface area contributed by atoms with E-state index in [4.69, 9.17) is 38.9 Å². The summed E-state index contributed by atoms with van der Waals surface area (Å²) in [5, 5.41) is 0. The zero-order valence-electron chi connectivity index (χ0n) is 22.2. The van der Waals surface area contributed by atoms with E-state index in [1.54, 1.807) is 38.5 Å². The predicted molar refractivity (Wildman–Crippen MR) is 137 cm³/mol. The molecule has 2 aromatic rings. The highest BCUT2D eigenvalue weighted by atomic mass is 16.7. The van der Waals surface area contributed by atoms with Gasteiger partial charge in [0.15, 0.2) is 25.7 Å². The number of nitrogens with two attached hydrogens (primary N) is 1. The molecule has 1 atom stereocenters. The van der Waals surface area contributed by atoms with Crippen molar-refractivity contribution in [3.8, 4) is 22.6 Å². The summed E-state index contributed by atoms with van der Waals surface area (Å²) in [6.07, 6.45) is 0.534. The maximum absolute atomic E-state index is 12.1. The van der Waals surface area contributed by atoms with Crippen molar-refractivity contribution < 1.29 is 47.5 Å². The normalized spacial score (nSPS) is 11.6. The number of methoxy groups -OCH3 is 3. The number of esters is 1. The molecular weight excluding hydrogens is 498 g/mol. The number of hydrogen-bond donors (Lipinski definition) is 1. The molecule has 208 valence electrons. The molecule has 0 fully saturated rings. The average Bonchev–Trinajstić information content (AvgIpc) is 2.92. The van der Waals surface area contributed by atoms with Gasteiger partial charge in [-0.05, 0) is 42.3 Å². The zero-order valence-corrected chi connectivity index (χ0v) is 22.2. The van der Waals surface area contributed by atoms with Crippen molar-refractivity contribution in [1.29, 1.82) is 0 Å². The lowest BCUT2D eigenvalue weighted by molar-refractivity contribution is -0.139. The van der Waals surface area contributed by atoms with Crippen molar-refractivity contribution in [2.75, 3.05) is 61.3 Å². The van der Waals surface area contributed by atoms with Crippen molar-refractivity contribution >= 4 is 18.0 Å². The molecule has 0 heterocycles. The van der Waals surface area contributed by atoms with Crippen molar-refractivity contribution in [3.63, 3.8) is 0 Å². The molecule has 2 aromatic carbocycles. The summed E-state index contributed by atoms with van der Waals surface area (Å²) in [7, 11) is 4.39. The SMILES string of the molecule is COCCOCOc1ccc(C(N)C(C)=O)cc1-c1cc(CC(=O)OC)cc(C=O)c1OCOCCOC. The van der Waals surface area contributed by atoms with E-state index in [1.165, 1.54) is 20.1 Å². The number of ketones is 1. The van der Waals surface area contributed by atoms with Gasteiger partial charge in [-0.25, -0.2) is 0 Å². The third-order valence-electron chi connectivity index (χ3n) is 5.42. The van der Waals surface area contributed by atoms with Gasteiger partial charge in [-0.3, -0.25) is 14.4 Å². The smallest absolute Gasteiger partial charge is 0.309 e. The first-order valence-corrected chi connectivity index (χ1v) is 11.8. The largest absolute Gasteiger partial charge is 0.469 e. The van der Waals surface area contributed by atoms with Crippen LogP contribution < -0.4 is 15.2 Å². The first-order chi connectivity index (χ1) is 18.4. The van der Waals surface area contributed by atoms with Crippen molar-refractivity contribution in [1.82, 2.24) is 0 Å². The summed E-state index contributed by atoms with van der Waals surface area (Å²) < 4.78 is 37.4. The van der Waals surface area contributed by atoms with Gasteiger partial charge in [0.25, 0.3) is 0 Å². The second-order valence-corrected chi connectivity index (χ2v) is 8.10. The van der Waals surface area contributed by atoms with Crippen LogP contribution in [0.4, 0.5) is 0 Å². The highest BCUT2D eigenvalue weighted by Crippen LogP contribution is 2.40. The molecule has 0 aliphatic heterocycles. The Morgan fingerprint density at radius 1 is 0.895 bits per heavy atom. The van der Waals surface area contributed by atoms with E-state index < -0.39 is 12.0 Å². The molecule has 0 radical (unpaired) electrons. The van der Waals surface area contributed by atoms with E-state index in [0.29, 0.717) is 54.1 Å². The van der Waals surface area contributed by atoms with Crippen LogP contribution in [0.1, 0.15) is 34.5 Å². The third-order valence-corrected chi connectivity index (χ3v) is 5.42. The van der Waals surface area contributed by atoms with Crippen LogP contribution in [0.2, 0.25) is 0 Å². The number of rotatable bonds is 18. The minimum absolute atomic E-state index is 0.0854. The van der Waals surface area contributed by atoms with Crippen LogP contribution in [0.5, 0.6) is 11.5 Å². The van der Waals surface area contributed by atoms with Gasteiger partial charge in [0.2, 0.25) is 0 Å². The number of hydrogen-bond acceptors (Lipinski definition) is 11. The van der Waals surface area contributed by atoms with Crippen LogP contribution >= 0.6 is 0 Å². The van der Waals surface area contributed by atoms with Gasteiger partial charge >= 0.3 is 5.97 Å². The molecule has 11 nitrogen and oxygen atoms in total. The molecule has 0 spiro atoms. The molecule has 0 amide bonds. The third kappa shape index (κ3) is 9.19. The molecule has 0 aromatic heterocycles. The van der Waals surface area contributed by atoms with Crippen LogP contribution in [0.15, 0.2) is 30.3 Å². The molecule has 0 aliphatic rings. The highest BCUT2D eigenvalue weighted by molar-refractivity contribution is 5.90. The van der Waals surface area contributed by atoms with E-state index in [1.807, 2.05) is 0 Å². The molecule has 0 saturated heterocycles. The van der Waals surface area contributed by atoms with Gasteiger partial charge in [0, 0.05) is 25.3 Å². The Morgan fingerprint density at radius 3 is 2.13 bits per heavy atom. The monoisotopic (exact) mass is 533 g/mol. The molecule has 11 heteroatoms. The lowest BCUT2D eigenvalue weighted by atomic mass is 9.93. The predicted octanol–water partition coefficient (Wildman–Crippen LogP) is 2.47. The summed E-state index contributed by atoms with van der Waals surface area (Å²) in [6.45, 7) is 2.48. The summed E-state index contributed by atoms with van der Waals surface area (Å²) in [5.41, 5.74) is 8.22. The summed E-state index contributed by atoms with van der Waals surface area (Å²) in [4.78, 5) is 36.1. The van der Waals surface area contributed by atoms with Gasteiger partial charge in [0.1, 0.15) is 11.5 Å².